The van der Waals surface area contributed by atoms with Crippen molar-refractivity contribution in [3.63, 3.8) is 0 Å². The van der Waals surface area contributed by atoms with Crippen LogP contribution in [0.4, 0.5) is 5.69 Å². The number of nitrogen functional groups attached to an aromatic ring is 1. The van der Waals surface area contributed by atoms with Crippen LogP contribution in [-0.2, 0) is 6.42 Å². The zero-order valence-corrected chi connectivity index (χ0v) is 10.9. The number of anilines is 1. The Labute approximate surface area is 111 Å². The molecule has 0 atom stereocenters. The lowest BCUT2D eigenvalue weighted by molar-refractivity contribution is 0.811. The maximum absolute atomic E-state index is 6.01. The summed E-state index contributed by atoms with van der Waals surface area (Å²) in [5.41, 5.74) is 8.71. The van der Waals surface area contributed by atoms with Crippen LogP contribution in [0.5, 0.6) is 0 Å². The number of imidazole rings is 1. The molecule has 0 amide bonds. The molecule has 4 nitrogen and oxygen atoms in total. The van der Waals surface area contributed by atoms with Gasteiger partial charge in [0.25, 0.3) is 0 Å². The minimum Gasteiger partial charge on any atom is -0.398 e. The number of nitrogens with two attached hydrogens (primary N) is 1. The van der Waals surface area contributed by atoms with Gasteiger partial charge in [-0.25, -0.2) is 4.98 Å². The smallest absolute Gasteiger partial charge is 0.113 e. The number of pyridine rings is 1. The highest BCUT2D eigenvalue weighted by atomic mass is 15.1. The summed E-state index contributed by atoms with van der Waals surface area (Å²) in [6.45, 7) is 2.15. The van der Waals surface area contributed by atoms with Gasteiger partial charge >= 0.3 is 0 Å². The van der Waals surface area contributed by atoms with Crippen molar-refractivity contribution < 1.29 is 0 Å². The fourth-order valence-electron chi connectivity index (χ4n) is 2.34. The van der Waals surface area contributed by atoms with Crippen molar-refractivity contribution in [3.05, 3.63) is 48.7 Å². The summed E-state index contributed by atoms with van der Waals surface area (Å²) >= 11 is 0. The van der Waals surface area contributed by atoms with Gasteiger partial charge in [0.05, 0.1) is 11.2 Å². The van der Waals surface area contributed by atoms with Crippen molar-refractivity contribution in [1.82, 2.24) is 14.5 Å². The van der Waals surface area contributed by atoms with E-state index >= 15 is 0 Å². The van der Waals surface area contributed by atoms with Crippen LogP contribution in [0.15, 0.2) is 42.9 Å². The van der Waals surface area contributed by atoms with E-state index in [1.807, 2.05) is 36.7 Å². The van der Waals surface area contributed by atoms with Crippen LogP contribution in [0.3, 0.4) is 0 Å². The monoisotopic (exact) mass is 252 g/mol. The van der Waals surface area contributed by atoms with Gasteiger partial charge in [-0.2, -0.15) is 0 Å². The third kappa shape index (κ3) is 1.95. The molecule has 0 saturated heterocycles. The third-order valence-corrected chi connectivity index (χ3v) is 3.23. The normalized spacial score (nSPS) is 11.0. The first-order chi connectivity index (χ1) is 9.31. The van der Waals surface area contributed by atoms with Gasteiger partial charge < -0.3 is 10.3 Å². The molecular weight excluding hydrogens is 236 g/mol. The fourth-order valence-corrected chi connectivity index (χ4v) is 2.34. The lowest BCUT2D eigenvalue weighted by Gasteiger charge is -2.11. The molecule has 0 unspecified atom stereocenters. The van der Waals surface area contributed by atoms with Gasteiger partial charge in [0.2, 0.25) is 0 Å². The first-order valence-electron chi connectivity index (χ1n) is 6.47. The van der Waals surface area contributed by atoms with E-state index in [9.17, 15) is 0 Å². The standard InChI is InChI=1S/C15H16N4/c1-2-4-14-17-9-10-19(14)13-7-6-12(16)11-5-3-8-18-15(11)13/h3,5-10H,2,4,16H2,1H3. The van der Waals surface area contributed by atoms with E-state index in [4.69, 9.17) is 5.73 Å². The summed E-state index contributed by atoms with van der Waals surface area (Å²) < 4.78 is 2.10. The van der Waals surface area contributed by atoms with Gasteiger partial charge in [-0.15, -0.1) is 0 Å². The number of aryl methyl sites for hydroxylation is 1. The van der Waals surface area contributed by atoms with Gasteiger partial charge in [0.15, 0.2) is 0 Å². The average Bonchev–Trinajstić information content (AvgIpc) is 2.88. The van der Waals surface area contributed by atoms with Gasteiger partial charge in [-0.05, 0) is 30.7 Å². The molecule has 1 aromatic carbocycles. The molecule has 0 radical (unpaired) electrons. The van der Waals surface area contributed by atoms with E-state index in [0.29, 0.717) is 0 Å². The number of rotatable bonds is 3. The zero-order chi connectivity index (χ0) is 13.2. The number of aromatic nitrogens is 3. The molecule has 0 fully saturated rings. The Morgan fingerprint density at radius 2 is 2.05 bits per heavy atom. The van der Waals surface area contributed by atoms with Crippen molar-refractivity contribution in [2.45, 2.75) is 19.8 Å². The van der Waals surface area contributed by atoms with E-state index in [0.717, 1.165) is 40.9 Å². The Balaban J connectivity index is 2.25. The minimum atomic E-state index is 0.754. The highest BCUT2D eigenvalue weighted by Gasteiger charge is 2.10. The fraction of sp³-hybridized carbons (Fsp3) is 0.200. The van der Waals surface area contributed by atoms with Crippen LogP contribution in [-0.4, -0.2) is 14.5 Å². The van der Waals surface area contributed by atoms with Crippen LogP contribution < -0.4 is 5.73 Å². The summed E-state index contributed by atoms with van der Waals surface area (Å²) in [5, 5.41) is 0.983. The number of nitrogens with zero attached hydrogens (tertiary/aromatic N) is 3. The molecule has 0 bridgehead atoms. The van der Waals surface area contributed by atoms with Crippen LogP contribution in [0.1, 0.15) is 19.2 Å². The molecule has 4 heteroatoms. The Hall–Kier alpha value is -2.36. The number of hydrogen-bond acceptors (Lipinski definition) is 3. The van der Waals surface area contributed by atoms with E-state index in [2.05, 4.69) is 21.5 Å². The molecule has 2 aromatic heterocycles. The van der Waals surface area contributed by atoms with E-state index in [1.165, 1.54) is 0 Å². The Kier molecular flexibility index (Phi) is 2.91. The maximum Gasteiger partial charge on any atom is 0.113 e. The molecule has 0 aliphatic heterocycles. The van der Waals surface area contributed by atoms with Crippen molar-refractivity contribution in [2.24, 2.45) is 0 Å². The molecule has 0 aliphatic carbocycles. The predicted molar refractivity (Wildman–Crippen MR) is 77.3 cm³/mol. The van der Waals surface area contributed by atoms with Gasteiger partial charge in [0.1, 0.15) is 5.82 Å². The minimum absolute atomic E-state index is 0.754. The largest absolute Gasteiger partial charge is 0.398 e. The topological polar surface area (TPSA) is 56.7 Å². The summed E-state index contributed by atoms with van der Waals surface area (Å²) in [6.07, 6.45) is 7.62. The molecule has 19 heavy (non-hydrogen) atoms. The number of benzene rings is 1. The van der Waals surface area contributed by atoms with Gasteiger partial charge in [0, 0.05) is 36.1 Å². The van der Waals surface area contributed by atoms with E-state index < -0.39 is 0 Å². The second kappa shape index (κ2) is 4.72. The maximum atomic E-state index is 6.01. The van der Waals surface area contributed by atoms with Crippen molar-refractivity contribution in [3.8, 4) is 5.69 Å². The molecule has 2 N–H and O–H groups in total. The first kappa shape index (κ1) is 11.7. The van der Waals surface area contributed by atoms with Crippen LogP contribution in [0, 0.1) is 0 Å². The first-order valence-corrected chi connectivity index (χ1v) is 6.47. The van der Waals surface area contributed by atoms with Crippen LogP contribution in [0.2, 0.25) is 0 Å². The molecule has 96 valence electrons. The highest BCUT2D eigenvalue weighted by Crippen LogP contribution is 2.26. The summed E-state index contributed by atoms with van der Waals surface area (Å²) in [5.74, 6) is 1.05. The average molecular weight is 252 g/mol. The molecular formula is C15H16N4. The molecule has 0 saturated carbocycles. The second-order valence-electron chi connectivity index (χ2n) is 4.54. The molecule has 3 rings (SSSR count). The van der Waals surface area contributed by atoms with Gasteiger partial charge in [-0.3, -0.25) is 4.98 Å². The predicted octanol–water partition coefficient (Wildman–Crippen LogP) is 2.96. The van der Waals surface area contributed by atoms with E-state index in [1.54, 1.807) is 6.20 Å². The summed E-state index contributed by atoms with van der Waals surface area (Å²) in [6, 6.07) is 7.83. The molecule has 3 aromatic rings. The lowest BCUT2D eigenvalue weighted by atomic mass is 10.1. The van der Waals surface area contributed by atoms with Crippen LogP contribution >= 0.6 is 0 Å². The van der Waals surface area contributed by atoms with Gasteiger partial charge in [-0.1, -0.05) is 6.92 Å². The number of hydrogen-bond donors (Lipinski definition) is 1. The molecule has 0 aliphatic rings. The number of fused-ring (bicyclic) bond motifs is 1. The molecule has 0 spiro atoms. The van der Waals surface area contributed by atoms with Crippen molar-refractivity contribution in [2.75, 3.05) is 5.73 Å². The summed E-state index contributed by atoms with van der Waals surface area (Å²) in [4.78, 5) is 8.89. The van der Waals surface area contributed by atoms with E-state index in [-0.39, 0.29) is 0 Å². The second-order valence-corrected chi connectivity index (χ2v) is 4.54. The van der Waals surface area contributed by atoms with Crippen molar-refractivity contribution >= 4 is 16.6 Å². The Bertz CT molecular complexity index is 715. The Morgan fingerprint density at radius 3 is 2.89 bits per heavy atom. The Morgan fingerprint density at radius 1 is 1.16 bits per heavy atom. The van der Waals surface area contributed by atoms with Crippen molar-refractivity contribution in [1.29, 1.82) is 0 Å². The third-order valence-electron chi connectivity index (χ3n) is 3.23. The van der Waals surface area contributed by atoms with Crippen LogP contribution in [0.25, 0.3) is 16.6 Å². The summed E-state index contributed by atoms with van der Waals surface area (Å²) in [7, 11) is 0. The highest BCUT2D eigenvalue weighted by molar-refractivity contribution is 5.95. The molecule has 2 heterocycles. The SMILES string of the molecule is CCCc1nccn1-c1ccc(N)c2cccnc12. The lowest BCUT2D eigenvalue weighted by Crippen LogP contribution is -2.02. The zero-order valence-electron chi connectivity index (χ0n) is 10.9. The quantitative estimate of drug-likeness (QED) is 0.729.